The number of rotatable bonds is 7. The Labute approximate surface area is 207 Å². The Kier molecular flexibility index (Phi) is 9.54. The maximum absolute atomic E-state index is 12.5. The highest BCUT2D eigenvalue weighted by atomic mass is 79.9. The molecule has 9 nitrogen and oxygen atoms in total. The molecule has 0 spiro atoms. The number of carbonyl (C=O) groups is 2. The number of ether oxygens (including phenoxy) is 4. The van der Waals surface area contributed by atoms with Crippen molar-refractivity contribution in [1.82, 2.24) is 16.2 Å². The fraction of sp³-hybridized carbons (Fsp3) is 0.250. The van der Waals surface area contributed by atoms with Crippen LogP contribution in [-0.2, 0) is 4.79 Å². The summed E-state index contributed by atoms with van der Waals surface area (Å²) in [4.78, 5) is 24.6. The van der Waals surface area contributed by atoms with E-state index in [1.54, 1.807) is 0 Å². The molecule has 2 amide bonds. The van der Waals surface area contributed by atoms with Crippen LogP contribution >= 0.6 is 44.1 Å². The quantitative estimate of drug-likeness (QED) is 0.333. The molecule has 2 aromatic rings. The number of amides is 2. The topological polar surface area (TPSA) is 107 Å². The van der Waals surface area contributed by atoms with E-state index in [1.165, 1.54) is 33.5 Å². The highest BCUT2D eigenvalue weighted by Crippen LogP contribution is 2.38. The van der Waals surface area contributed by atoms with Crippen LogP contribution in [-0.4, -0.2) is 44.9 Å². The highest BCUT2D eigenvalue weighted by molar-refractivity contribution is 9.11. The minimum absolute atomic E-state index is 0.113. The zero-order valence-corrected chi connectivity index (χ0v) is 21.6. The number of carbonyl (C=O) groups excluding carboxylic acids is 2. The molecular formula is C20H21Br2N3O6S. The third kappa shape index (κ3) is 6.71. The van der Waals surface area contributed by atoms with Crippen molar-refractivity contribution in [2.75, 3.05) is 27.9 Å². The number of hydrogen-bond acceptors (Lipinski definition) is 7. The number of hydrazine groups is 1. The van der Waals surface area contributed by atoms with Crippen molar-refractivity contribution >= 4 is 61.0 Å². The van der Waals surface area contributed by atoms with E-state index in [-0.39, 0.29) is 17.3 Å². The molecule has 172 valence electrons. The molecule has 0 aliphatic rings. The Morgan fingerprint density at radius 3 is 2.09 bits per heavy atom. The van der Waals surface area contributed by atoms with Crippen LogP contribution in [0.2, 0.25) is 0 Å². The first-order chi connectivity index (χ1) is 15.2. The lowest BCUT2D eigenvalue weighted by Crippen LogP contribution is -2.49. The molecule has 2 aromatic carbocycles. The summed E-state index contributed by atoms with van der Waals surface area (Å²) in [5.41, 5.74) is 5.87. The molecule has 0 saturated heterocycles. The van der Waals surface area contributed by atoms with Crippen molar-refractivity contribution in [3.63, 3.8) is 0 Å². The van der Waals surface area contributed by atoms with Crippen molar-refractivity contribution in [3.8, 4) is 23.0 Å². The SMILES string of the molecule is COc1cc(C(=O)NC(=S)NNC(=O)COc2c(C)cc(Br)cc2Br)cc(OC)c1OC. The zero-order valence-electron chi connectivity index (χ0n) is 17.6. The number of aryl methyl sites for hydroxylation is 1. The third-order valence-electron chi connectivity index (χ3n) is 4.01. The minimum atomic E-state index is -0.540. The molecule has 0 bridgehead atoms. The van der Waals surface area contributed by atoms with Gasteiger partial charge in [0.25, 0.3) is 11.8 Å². The van der Waals surface area contributed by atoms with Crippen molar-refractivity contribution in [1.29, 1.82) is 0 Å². The molecule has 0 aliphatic heterocycles. The summed E-state index contributed by atoms with van der Waals surface area (Å²) >= 11 is 11.8. The molecule has 0 saturated carbocycles. The van der Waals surface area contributed by atoms with E-state index in [9.17, 15) is 9.59 Å². The number of benzene rings is 2. The van der Waals surface area contributed by atoms with Crippen LogP contribution in [0.25, 0.3) is 0 Å². The Hall–Kier alpha value is -2.57. The molecule has 0 radical (unpaired) electrons. The average Bonchev–Trinajstić information content (AvgIpc) is 2.75. The van der Waals surface area contributed by atoms with Gasteiger partial charge >= 0.3 is 0 Å². The molecule has 0 unspecified atom stereocenters. The monoisotopic (exact) mass is 589 g/mol. The Morgan fingerprint density at radius 1 is 0.938 bits per heavy atom. The van der Waals surface area contributed by atoms with Gasteiger partial charge in [0.2, 0.25) is 5.75 Å². The number of thiocarbonyl (C=S) groups is 1. The first kappa shape index (κ1) is 25.7. The van der Waals surface area contributed by atoms with E-state index in [4.69, 9.17) is 31.2 Å². The van der Waals surface area contributed by atoms with E-state index in [1.807, 2.05) is 19.1 Å². The third-order valence-corrected chi connectivity index (χ3v) is 5.26. The highest BCUT2D eigenvalue weighted by Gasteiger charge is 2.18. The first-order valence-corrected chi connectivity index (χ1v) is 11.0. The smallest absolute Gasteiger partial charge is 0.276 e. The van der Waals surface area contributed by atoms with E-state index in [0.29, 0.717) is 27.5 Å². The largest absolute Gasteiger partial charge is 0.493 e. The molecule has 0 aromatic heterocycles. The van der Waals surface area contributed by atoms with Crippen LogP contribution in [0.1, 0.15) is 15.9 Å². The van der Waals surface area contributed by atoms with Crippen molar-refractivity contribution in [2.45, 2.75) is 6.92 Å². The molecule has 0 heterocycles. The first-order valence-electron chi connectivity index (χ1n) is 8.98. The Balaban J connectivity index is 1.91. The van der Waals surface area contributed by atoms with Gasteiger partial charge in [-0.25, -0.2) is 0 Å². The number of hydrogen-bond donors (Lipinski definition) is 3. The number of nitrogens with one attached hydrogen (secondary N) is 3. The summed E-state index contributed by atoms with van der Waals surface area (Å²) in [5, 5.41) is 2.34. The van der Waals surface area contributed by atoms with Crippen LogP contribution in [0.15, 0.2) is 33.2 Å². The summed E-state index contributed by atoms with van der Waals surface area (Å²) in [5.74, 6) is 0.491. The molecule has 3 N–H and O–H groups in total. The van der Waals surface area contributed by atoms with Crippen LogP contribution in [0.4, 0.5) is 0 Å². The molecule has 12 heteroatoms. The van der Waals surface area contributed by atoms with Gasteiger partial charge in [-0.1, -0.05) is 15.9 Å². The standard InChI is InChI=1S/C20H21Br2N3O6S/c1-10-5-12(21)8-13(22)17(10)31-9-16(26)24-25-20(32)23-19(27)11-6-14(28-2)18(30-4)15(7-11)29-3/h5-8H,9H2,1-4H3,(H,24,26)(H2,23,25,27,32). The summed E-state index contributed by atoms with van der Waals surface area (Å²) in [6, 6.07) is 6.63. The second-order valence-electron chi connectivity index (χ2n) is 6.19. The van der Waals surface area contributed by atoms with Gasteiger partial charge in [-0.05, 0) is 64.9 Å². The van der Waals surface area contributed by atoms with Gasteiger partial charge in [-0.15, -0.1) is 0 Å². The lowest BCUT2D eigenvalue weighted by Gasteiger charge is -2.15. The van der Waals surface area contributed by atoms with Crippen LogP contribution in [0.5, 0.6) is 23.0 Å². The zero-order chi connectivity index (χ0) is 23.8. The van der Waals surface area contributed by atoms with Gasteiger partial charge in [0.15, 0.2) is 23.2 Å². The molecule has 32 heavy (non-hydrogen) atoms. The van der Waals surface area contributed by atoms with E-state index in [2.05, 4.69) is 48.0 Å². The van der Waals surface area contributed by atoms with Gasteiger partial charge in [0, 0.05) is 10.0 Å². The molecular weight excluding hydrogens is 570 g/mol. The van der Waals surface area contributed by atoms with E-state index >= 15 is 0 Å². The lowest BCUT2D eigenvalue weighted by atomic mass is 10.1. The summed E-state index contributed by atoms with van der Waals surface area (Å²) < 4.78 is 22.8. The molecule has 0 fully saturated rings. The van der Waals surface area contributed by atoms with Crippen LogP contribution < -0.4 is 35.1 Å². The fourth-order valence-corrected chi connectivity index (χ4v) is 4.29. The Bertz CT molecular complexity index is 986. The second kappa shape index (κ2) is 11.9. The summed E-state index contributed by atoms with van der Waals surface area (Å²) in [6.07, 6.45) is 0. The van der Waals surface area contributed by atoms with Gasteiger partial charge in [0.05, 0.1) is 25.8 Å². The van der Waals surface area contributed by atoms with Gasteiger partial charge < -0.3 is 18.9 Å². The predicted octanol–water partition coefficient (Wildman–Crippen LogP) is 3.26. The minimum Gasteiger partial charge on any atom is -0.493 e. The molecule has 0 aliphatic carbocycles. The van der Waals surface area contributed by atoms with Crippen molar-refractivity contribution in [3.05, 3.63) is 44.3 Å². The van der Waals surface area contributed by atoms with Crippen LogP contribution in [0.3, 0.4) is 0 Å². The Morgan fingerprint density at radius 2 is 1.56 bits per heavy atom. The number of methoxy groups -OCH3 is 3. The van der Waals surface area contributed by atoms with E-state index < -0.39 is 11.8 Å². The summed E-state index contributed by atoms with van der Waals surface area (Å²) in [7, 11) is 4.34. The van der Waals surface area contributed by atoms with Crippen molar-refractivity contribution < 1.29 is 28.5 Å². The maximum atomic E-state index is 12.5. The molecule has 2 rings (SSSR count). The van der Waals surface area contributed by atoms with Crippen molar-refractivity contribution in [2.24, 2.45) is 0 Å². The average molecular weight is 591 g/mol. The fourth-order valence-electron chi connectivity index (χ4n) is 2.59. The normalized spacial score (nSPS) is 10.1. The lowest BCUT2D eigenvalue weighted by molar-refractivity contribution is -0.123. The maximum Gasteiger partial charge on any atom is 0.276 e. The van der Waals surface area contributed by atoms with E-state index in [0.717, 1.165) is 10.0 Å². The summed E-state index contributed by atoms with van der Waals surface area (Å²) in [6.45, 7) is 1.59. The predicted molar refractivity (Wildman–Crippen MR) is 130 cm³/mol. The van der Waals surface area contributed by atoms with Gasteiger partial charge in [-0.2, -0.15) is 0 Å². The van der Waals surface area contributed by atoms with Crippen LogP contribution in [0, 0.1) is 6.92 Å². The van der Waals surface area contributed by atoms with Gasteiger partial charge in [0.1, 0.15) is 5.75 Å². The number of halogens is 2. The van der Waals surface area contributed by atoms with Gasteiger partial charge in [-0.3, -0.25) is 25.8 Å². The second-order valence-corrected chi connectivity index (χ2v) is 8.37. The molecule has 0 atom stereocenters.